The Balaban J connectivity index is 3.28. The Morgan fingerprint density at radius 2 is 1.85 bits per heavy atom. The van der Waals surface area contributed by atoms with E-state index in [9.17, 15) is 4.79 Å². The summed E-state index contributed by atoms with van der Waals surface area (Å²) in [5.41, 5.74) is 0. The van der Waals surface area contributed by atoms with E-state index < -0.39 is 0 Å². The van der Waals surface area contributed by atoms with Crippen LogP contribution < -0.4 is 5.32 Å². The minimum atomic E-state index is 0.152. The molecule has 0 fully saturated rings. The van der Waals surface area contributed by atoms with E-state index in [1.807, 2.05) is 0 Å². The number of unbranched alkanes of at least 4 members (excludes halogenated alkanes) is 1. The van der Waals surface area contributed by atoms with Crippen molar-refractivity contribution in [1.29, 1.82) is 0 Å². The first kappa shape index (κ1) is 12.4. The average molecular weight is 186 g/mol. The van der Waals surface area contributed by atoms with Crippen molar-refractivity contribution in [3.63, 3.8) is 0 Å². The number of hydrogen-bond donors (Lipinski definition) is 1. The smallest absolute Gasteiger partial charge is 0.219 e. The highest BCUT2D eigenvalue weighted by Gasteiger charge is 2.00. The van der Waals surface area contributed by atoms with Gasteiger partial charge in [-0.05, 0) is 32.5 Å². The van der Waals surface area contributed by atoms with E-state index in [0.29, 0.717) is 6.42 Å². The lowest BCUT2D eigenvalue weighted by atomic mass is 10.2. The molecule has 0 unspecified atom stereocenters. The second-order valence-corrected chi connectivity index (χ2v) is 3.16. The molecule has 0 aromatic rings. The van der Waals surface area contributed by atoms with Crippen molar-refractivity contribution >= 4 is 5.91 Å². The third kappa shape index (κ3) is 6.58. The van der Waals surface area contributed by atoms with E-state index in [0.717, 1.165) is 32.5 Å². The zero-order valence-corrected chi connectivity index (χ0v) is 9.10. The van der Waals surface area contributed by atoms with Gasteiger partial charge in [0.2, 0.25) is 5.91 Å². The highest BCUT2D eigenvalue weighted by atomic mass is 16.1. The minimum absolute atomic E-state index is 0.152. The summed E-state index contributed by atoms with van der Waals surface area (Å²) in [4.78, 5) is 13.2. The molecule has 0 aromatic heterocycles. The first-order valence-electron chi connectivity index (χ1n) is 5.17. The third-order valence-corrected chi connectivity index (χ3v) is 2.30. The summed E-state index contributed by atoms with van der Waals surface area (Å²) in [6.07, 6.45) is 2.78. The van der Waals surface area contributed by atoms with Gasteiger partial charge in [0.05, 0.1) is 0 Å². The Morgan fingerprint density at radius 1 is 1.23 bits per heavy atom. The van der Waals surface area contributed by atoms with E-state index in [-0.39, 0.29) is 5.91 Å². The van der Waals surface area contributed by atoms with Crippen LogP contribution in [0.1, 0.15) is 33.1 Å². The van der Waals surface area contributed by atoms with E-state index in [1.54, 1.807) is 7.05 Å². The van der Waals surface area contributed by atoms with Gasteiger partial charge in [0.1, 0.15) is 0 Å². The molecule has 0 aromatic carbocycles. The maximum Gasteiger partial charge on any atom is 0.219 e. The van der Waals surface area contributed by atoms with Crippen molar-refractivity contribution in [1.82, 2.24) is 10.2 Å². The highest BCUT2D eigenvalue weighted by Crippen LogP contribution is 1.98. The monoisotopic (exact) mass is 186 g/mol. The first-order chi connectivity index (χ1) is 6.24. The summed E-state index contributed by atoms with van der Waals surface area (Å²) < 4.78 is 0. The molecule has 0 saturated heterocycles. The van der Waals surface area contributed by atoms with E-state index in [4.69, 9.17) is 0 Å². The molecule has 0 aliphatic heterocycles. The van der Waals surface area contributed by atoms with Crippen LogP contribution in [-0.2, 0) is 4.79 Å². The molecule has 3 nitrogen and oxygen atoms in total. The van der Waals surface area contributed by atoms with Gasteiger partial charge in [0.25, 0.3) is 0 Å². The standard InChI is InChI=1S/C10H22N2O/c1-4-12(5-2)9-7-6-8-10(13)11-3/h4-9H2,1-3H3,(H,11,13). The minimum Gasteiger partial charge on any atom is -0.359 e. The summed E-state index contributed by atoms with van der Waals surface area (Å²) >= 11 is 0. The molecule has 1 N–H and O–H groups in total. The topological polar surface area (TPSA) is 32.3 Å². The maximum absolute atomic E-state index is 10.9. The Hall–Kier alpha value is -0.570. The number of carbonyl (C=O) groups is 1. The van der Waals surface area contributed by atoms with Crippen LogP contribution in [0.4, 0.5) is 0 Å². The molecule has 1 amide bonds. The predicted molar refractivity (Wildman–Crippen MR) is 55.7 cm³/mol. The van der Waals surface area contributed by atoms with Crippen molar-refractivity contribution in [2.75, 3.05) is 26.7 Å². The number of nitrogens with one attached hydrogen (secondary N) is 1. The van der Waals surface area contributed by atoms with E-state index in [2.05, 4.69) is 24.1 Å². The number of hydrogen-bond acceptors (Lipinski definition) is 2. The van der Waals surface area contributed by atoms with Crippen LogP contribution in [0.3, 0.4) is 0 Å². The SMILES string of the molecule is CCN(CC)CCCCC(=O)NC. The van der Waals surface area contributed by atoms with Crippen LogP contribution in [0.2, 0.25) is 0 Å². The van der Waals surface area contributed by atoms with Gasteiger partial charge in [0, 0.05) is 13.5 Å². The molecule has 3 heteroatoms. The molecule has 0 bridgehead atoms. The van der Waals surface area contributed by atoms with Gasteiger partial charge in [-0.15, -0.1) is 0 Å². The van der Waals surface area contributed by atoms with Crippen LogP contribution in [-0.4, -0.2) is 37.5 Å². The van der Waals surface area contributed by atoms with Gasteiger partial charge < -0.3 is 10.2 Å². The van der Waals surface area contributed by atoms with Gasteiger partial charge in [-0.3, -0.25) is 4.79 Å². The summed E-state index contributed by atoms with van der Waals surface area (Å²) in [6, 6.07) is 0. The van der Waals surface area contributed by atoms with Gasteiger partial charge in [-0.1, -0.05) is 13.8 Å². The van der Waals surface area contributed by atoms with Crippen LogP contribution in [0, 0.1) is 0 Å². The lowest BCUT2D eigenvalue weighted by Gasteiger charge is -2.17. The molecule has 0 spiro atoms. The van der Waals surface area contributed by atoms with Crippen LogP contribution in [0.5, 0.6) is 0 Å². The fourth-order valence-electron chi connectivity index (χ4n) is 1.29. The molecule has 0 radical (unpaired) electrons. The number of rotatable bonds is 7. The molecule has 0 heterocycles. The highest BCUT2D eigenvalue weighted by molar-refractivity contribution is 5.75. The summed E-state index contributed by atoms with van der Waals surface area (Å²) in [5, 5.41) is 2.63. The Kier molecular flexibility index (Phi) is 7.69. The molecule has 0 saturated carbocycles. The molecular formula is C10H22N2O. The zero-order chi connectivity index (χ0) is 10.1. The van der Waals surface area contributed by atoms with Gasteiger partial charge in [0.15, 0.2) is 0 Å². The third-order valence-electron chi connectivity index (χ3n) is 2.30. The Morgan fingerprint density at radius 3 is 2.31 bits per heavy atom. The summed E-state index contributed by atoms with van der Waals surface area (Å²) in [6.45, 7) is 7.67. The molecular weight excluding hydrogens is 164 g/mol. The zero-order valence-electron chi connectivity index (χ0n) is 9.10. The number of amides is 1. The Bertz CT molecular complexity index is 133. The van der Waals surface area contributed by atoms with Crippen LogP contribution >= 0.6 is 0 Å². The van der Waals surface area contributed by atoms with Crippen molar-refractivity contribution in [2.45, 2.75) is 33.1 Å². The normalized spacial score (nSPS) is 10.5. The van der Waals surface area contributed by atoms with Crippen LogP contribution in [0.15, 0.2) is 0 Å². The molecule has 0 aliphatic carbocycles. The van der Waals surface area contributed by atoms with Crippen molar-refractivity contribution in [2.24, 2.45) is 0 Å². The number of nitrogens with zero attached hydrogens (tertiary/aromatic N) is 1. The molecule has 0 rings (SSSR count). The summed E-state index contributed by atoms with van der Waals surface area (Å²) in [7, 11) is 1.69. The quantitative estimate of drug-likeness (QED) is 0.607. The molecule has 78 valence electrons. The lowest BCUT2D eigenvalue weighted by Crippen LogP contribution is -2.24. The largest absolute Gasteiger partial charge is 0.359 e. The second kappa shape index (κ2) is 8.05. The van der Waals surface area contributed by atoms with Crippen LogP contribution in [0.25, 0.3) is 0 Å². The van der Waals surface area contributed by atoms with E-state index >= 15 is 0 Å². The predicted octanol–water partition coefficient (Wildman–Crippen LogP) is 1.24. The van der Waals surface area contributed by atoms with Gasteiger partial charge in [-0.25, -0.2) is 0 Å². The number of carbonyl (C=O) groups excluding carboxylic acids is 1. The first-order valence-corrected chi connectivity index (χ1v) is 5.17. The maximum atomic E-state index is 10.9. The van der Waals surface area contributed by atoms with E-state index in [1.165, 1.54) is 0 Å². The molecule has 13 heavy (non-hydrogen) atoms. The van der Waals surface area contributed by atoms with Crippen molar-refractivity contribution in [3.8, 4) is 0 Å². The summed E-state index contributed by atoms with van der Waals surface area (Å²) in [5.74, 6) is 0.152. The molecule has 0 aliphatic rings. The lowest BCUT2D eigenvalue weighted by molar-refractivity contribution is -0.120. The fourth-order valence-corrected chi connectivity index (χ4v) is 1.29. The second-order valence-electron chi connectivity index (χ2n) is 3.16. The van der Waals surface area contributed by atoms with Crippen molar-refractivity contribution in [3.05, 3.63) is 0 Å². The molecule has 0 atom stereocenters. The fraction of sp³-hybridized carbons (Fsp3) is 0.900. The van der Waals surface area contributed by atoms with Gasteiger partial charge >= 0.3 is 0 Å². The van der Waals surface area contributed by atoms with Crippen molar-refractivity contribution < 1.29 is 4.79 Å². The average Bonchev–Trinajstić information content (AvgIpc) is 2.18. The Labute approximate surface area is 81.5 Å². The van der Waals surface area contributed by atoms with Gasteiger partial charge in [-0.2, -0.15) is 0 Å².